The quantitative estimate of drug-likeness (QED) is 0.574. The second-order valence-corrected chi connectivity index (χ2v) is 8.00. The van der Waals surface area contributed by atoms with Gasteiger partial charge in [-0.3, -0.25) is 14.2 Å². The van der Waals surface area contributed by atoms with E-state index < -0.39 is 11.2 Å². The van der Waals surface area contributed by atoms with Crippen LogP contribution >= 0.6 is 23.1 Å². The minimum atomic E-state index is -0.543. The maximum atomic E-state index is 12.6. The van der Waals surface area contributed by atoms with Gasteiger partial charge >= 0.3 is 0 Å². The van der Waals surface area contributed by atoms with Gasteiger partial charge in [0.15, 0.2) is 11.0 Å². The van der Waals surface area contributed by atoms with Crippen LogP contribution in [-0.2, 0) is 16.1 Å². The summed E-state index contributed by atoms with van der Waals surface area (Å²) in [6.45, 7) is 1.62. The van der Waals surface area contributed by atoms with E-state index in [9.17, 15) is 9.59 Å². The number of amides is 2. The van der Waals surface area contributed by atoms with E-state index in [4.69, 9.17) is 11.0 Å². The summed E-state index contributed by atoms with van der Waals surface area (Å²) in [5.74, 6) is -0.294. The predicted octanol–water partition coefficient (Wildman–Crippen LogP) is 2.48. The number of benzene rings is 1. The second-order valence-electron chi connectivity index (χ2n) is 5.74. The summed E-state index contributed by atoms with van der Waals surface area (Å²) in [6, 6.07) is 12.5. The lowest BCUT2D eigenvalue weighted by molar-refractivity contribution is -0.118. The molecule has 0 aliphatic rings. The zero-order valence-corrected chi connectivity index (χ0v) is 16.5. The number of aromatic nitrogens is 3. The van der Waals surface area contributed by atoms with Crippen molar-refractivity contribution in [2.45, 2.75) is 23.9 Å². The zero-order valence-electron chi connectivity index (χ0n) is 14.8. The lowest BCUT2D eigenvalue weighted by atomic mass is 10.2. The molecule has 0 unspecified atom stereocenters. The van der Waals surface area contributed by atoms with Gasteiger partial charge < -0.3 is 11.1 Å². The standard InChI is InChI=1S/C18H16N6O2S2/c1-11(17(26)21-13-6-3-2-5-12(13)9-19)28-18-23-22-16(14-7-4-8-27-14)24(18)10-15(20)25/h2-8,11H,10H2,1H3,(H2,20,25)(H,21,26)/t11-/m0/s1. The molecule has 0 saturated carbocycles. The molecule has 0 fully saturated rings. The number of nitrogens with one attached hydrogen (secondary N) is 1. The molecule has 3 rings (SSSR count). The van der Waals surface area contributed by atoms with Crippen LogP contribution in [0.3, 0.4) is 0 Å². The monoisotopic (exact) mass is 412 g/mol. The Morgan fingerprint density at radius 1 is 1.32 bits per heavy atom. The normalized spacial score (nSPS) is 11.6. The van der Waals surface area contributed by atoms with Crippen LogP contribution in [-0.4, -0.2) is 31.8 Å². The highest BCUT2D eigenvalue weighted by molar-refractivity contribution is 8.00. The Balaban J connectivity index is 1.80. The van der Waals surface area contributed by atoms with Crippen LogP contribution in [0.4, 0.5) is 5.69 Å². The third kappa shape index (κ3) is 4.39. The number of nitrogens with zero attached hydrogens (tertiary/aromatic N) is 4. The Morgan fingerprint density at radius 2 is 2.11 bits per heavy atom. The average molecular weight is 413 g/mol. The molecule has 0 aliphatic heterocycles. The van der Waals surface area contributed by atoms with E-state index in [0.717, 1.165) is 16.6 Å². The molecule has 2 heterocycles. The highest BCUT2D eigenvalue weighted by Gasteiger charge is 2.22. The predicted molar refractivity (Wildman–Crippen MR) is 108 cm³/mol. The number of para-hydroxylation sites is 1. The minimum absolute atomic E-state index is 0.0891. The number of hydrogen-bond acceptors (Lipinski definition) is 7. The van der Waals surface area contributed by atoms with Crippen molar-refractivity contribution in [3.05, 3.63) is 47.3 Å². The van der Waals surface area contributed by atoms with Gasteiger partial charge in [0.2, 0.25) is 11.8 Å². The van der Waals surface area contributed by atoms with Crippen LogP contribution in [0, 0.1) is 11.3 Å². The van der Waals surface area contributed by atoms with E-state index in [2.05, 4.69) is 15.5 Å². The molecule has 3 N–H and O–H groups in total. The van der Waals surface area contributed by atoms with E-state index >= 15 is 0 Å². The van der Waals surface area contributed by atoms with E-state index in [-0.39, 0.29) is 12.5 Å². The highest BCUT2D eigenvalue weighted by Crippen LogP contribution is 2.29. The van der Waals surface area contributed by atoms with Crippen LogP contribution in [0.25, 0.3) is 10.7 Å². The topological polar surface area (TPSA) is 127 Å². The Labute approximate surface area is 169 Å². The van der Waals surface area contributed by atoms with Crippen molar-refractivity contribution in [3.8, 4) is 16.8 Å². The van der Waals surface area contributed by atoms with E-state index in [0.29, 0.717) is 22.2 Å². The number of rotatable bonds is 7. The summed E-state index contributed by atoms with van der Waals surface area (Å²) in [5, 5.41) is 22.0. The van der Waals surface area contributed by atoms with Crippen molar-refractivity contribution in [3.63, 3.8) is 0 Å². The molecule has 0 aliphatic carbocycles. The molecule has 1 atom stereocenters. The first-order chi connectivity index (χ1) is 13.5. The molecular formula is C18H16N6O2S2. The Hall–Kier alpha value is -3.16. The number of hydrogen-bond donors (Lipinski definition) is 2. The van der Waals surface area contributed by atoms with E-state index in [1.165, 1.54) is 11.3 Å². The summed E-state index contributed by atoms with van der Waals surface area (Å²) >= 11 is 2.63. The molecule has 10 heteroatoms. The van der Waals surface area contributed by atoms with Crippen LogP contribution in [0.15, 0.2) is 46.9 Å². The summed E-state index contributed by atoms with van der Waals surface area (Å²) in [6.07, 6.45) is 0. The lowest BCUT2D eigenvalue weighted by Crippen LogP contribution is -2.24. The maximum Gasteiger partial charge on any atom is 0.237 e. The summed E-state index contributed by atoms with van der Waals surface area (Å²) in [5.41, 5.74) is 6.19. The zero-order chi connectivity index (χ0) is 20.1. The fourth-order valence-electron chi connectivity index (χ4n) is 2.40. The molecule has 3 aromatic rings. The molecule has 8 nitrogen and oxygen atoms in total. The van der Waals surface area contributed by atoms with Crippen molar-refractivity contribution in [2.75, 3.05) is 5.32 Å². The fraction of sp³-hybridized carbons (Fsp3) is 0.167. The SMILES string of the molecule is C[C@H](Sc1nnc(-c2cccs2)n1CC(N)=O)C(=O)Nc1ccccc1C#N. The van der Waals surface area contributed by atoms with Gasteiger partial charge in [-0.1, -0.05) is 30.0 Å². The van der Waals surface area contributed by atoms with E-state index in [1.807, 2.05) is 23.6 Å². The van der Waals surface area contributed by atoms with Crippen molar-refractivity contribution in [1.29, 1.82) is 5.26 Å². The third-order valence-electron chi connectivity index (χ3n) is 3.73. The van der Waals surface area contributed by atoms with Gasteiger partial charge in [0.05, 0.1) is 21.4 Å². The van der Waals surface area contributed by atoms with Gasteiger partial charge in [-0.05, 0) is 30.5 Å². The third-order valence-corrected chi connectivity index (χ3v) is 5.68. The fourth-order valence-corrected chi connectivity index (χ4v) is 3.96. The number of anilines is 1. The van der Waals surface area contributed by atoms with Gasteiger partial charge in [0, 0.05) is 0 Å². The Bertz CT molecular complexity index is 1040. The number of carbonyl (C=O) groups is 2. The number of primary amides is 1. The van der Waals surface area contributed by atoms with Gasteiger partial charge in [-0.25, -0.2) is 0 Å². The molecule has 0 bridgehead atoms. The molecule has 2 aromatic heterocycles. The highest BCUT2D eigenvalue weighted by atomic mass is 32.2. The average Bonchev–Trinajstić information content (AvgIpc) is 3.32. The summed E-state index contributed by atoms with van der Waals surface area (Å²) in [7, 11) is 0. The van der Waals surface area contributed by atoms with Crippen LogP contribution in [0.1, 0.15) is 12.5 Å². The number of carbonyl (C=O) groups excluding carboxylic acids is 2. The first kappa shape index (κ1) is 19.6. The molecule has 28 heavy (non-hydrogen) atoms. The number of thioether (sulfide) groups is 1. The van der Waals surface area contributed by atoms with Gasteiger partial charge in [0.1, 0.15) is 12.6 Å². The molecule has 0 radical (unpaired) electrons. The van der Waals surface area contributed by atoms with E-state index in [1.54, 1.807) is 35.8 Å². The summed E-state index contributed by atoms with van der Waals surface area (Å²) in [4.78, 5) is 24.9. The Morgan fingerprint density at radius 3 is 2.79 bits per heavy atom. The minimum Gasteiger partial charge on any atom is -0.368 e. The van der Waals surface area contributed by atoms with Gasteiger partial charge in [-0.2, -0.15) is 5.26 Å². The molecule has 0 saturated heterocycles. The van der Waals surface area contributed by atoms with Gasteiger partial charge in [0.25, 0.3) is 0 Å². The molecule has 2 amide bonds. The molecular weight excluding hydrogens is 396 g/mol. The maximum absolute atomic E-state index is 12.6. The van der Waals surface area contributed by atoms with Crippen molar-refractivity contribution in [2.24, 2.45) is 5.73 Å². The van der Waals surface area contributed by atoms with Crippen LogP contribution < -0.4 is 11.1 Å². The first-order valence-electron chi connectivity index (χ1n) is 8.21. The van der Waals surface area contributed by atoms with Crippen molar-refractivity contribution >= 4 is 40.6 Å². The van der Waals surface area contributed by atoms with Crippen molar-refractivity contribution < 1.29 is 9.59 Å². The number of nitriles is 1. The molecule has 1 aromatic carbocycles. The Kier molecular flexibility index (Phi) is 6.08. The van der Waals surface area contributed by atoms with Crippen LogP contribution in [0.2, 0.25) is 0 Å². The number of thiophene rings is 1. The number of nitrogens with two attached hydrogens (primary N) is 1. The summed E-state index contributed by atoms with van der Waals surface area (Å²) < 4.78 is 1.60. The van der Waals surface area contributed by atoms with Crippen LogP contribution in [0.5, 0.6) is 0 Å². The largest absolute Gasteiger partial charge is 0.368 e. The smallest absolute Gasteiger partial charge is 0.237 e. The van der Waals surface area contributed by atoms with Gasteiger partial charge in [-0.15, -0.1) is 21.5 Å². The second kappa shape index (κ2) is 8.69. The molecule has 142 valence electrons. The van der Waals surface area contributed by atoms with Crippen molar-refractivity contribution in [1.82, 2.24) is 14.8 Å². The lowest BCUT2D eigenvalue weighted by Gasteiger charge is -2.13. The molecule has 0 spiro atoms. The first-order valence-corrected chi connectivity index (χ1v) is 9.97.